The molecule has 1 aliphatic carbocycles. The average Bonchev–Trinajstić information content (AvgIpc) is 2.31. The zero-order valence-corrected chi connectivity index (χ0v) is 10.4. The molecule has 1 saturated carbocycles. The zero-order valence-electron chi connectivity index (χ0n) is 10.4. The van der Waals surface area contributed by atoms with Crippen molar-refractivity contribution in [2.75, 3.05) is 13.2 Å². The van der Waals surface area contributed by atoms with Gasteiger partial charge in [0.2, 0.25) is 0 Å². The van der Waals surface area contributed by atoms with Gasteiger partial charge in [0, 0.05) is 6.61 Å². The molecule has 94 valence electrons. The van der Waals surface area contributed by atoms with E-state index in [1.165, 1.54) is 6.42 Å². The molecule has 0 aromatic carbocycles. The Labute approximate surface area is 98.4 Å². The molecule has 0 spiro atoms. The molecule has 1 unspecified atom stereocenters. The van der Waals surface area contributed by atoms with E-state index >= 15 is 0 Å². The smallest absolute Gasteiger partial charge is 0.0849 e. The van der Waals surface area contributed by atoms with Crippen LogP contribution in [0.15, 0.2) is 0 Å². The molecule has 3 N–H and O–H groups in total. The number of ether oxygens (including phenoxy) is 1. The zero-order chi connectivity index (χ0) is 11.6. The molecule has 2 rings (SSSR count). The molecule has 0 amide bonds. The Morgan fingerprint density at radius 3 is 2.50 bits per heavy atom. The van der Waals surface area contributed by atoms with E-state index in [0.717, 1.165) is 51.0 Å². The van der Waals surface area contributed by atoms with Crippen LogP contribution >= 0.6 is 0 Å². The predicted octanol–water partition coefficient (Wildman–Crippen LogP) is 1.83. The van der Waals surface area contributed by atoms with Crippen molar-refractivity contribution in [3.05, 3.63) is 0 Å². The molecular weight excluding hydrogens is 202 g/mol. The first-order valence-electron chi connectivity index (χ1n) is 6.69. The molecule has 0 aromatic rings. The first kappa shape index (κ1) is 12.3. The van der Waals surface area contributed by atoms with Gasteiger partial charge in [-0.2, -0.15) is 0 Å². The van der Waals surface area contributed by atoms with Crippen LogP contribution in [0, 0.1) is 5.92 Å². The molecule has 16 heavy (non-hydrogen) atoms. The third kappa shape index (κ3) is 2.13. The van der Waals surface area contributed by atoms with Gasteiger partial charge in [-0.25, -0.2) is 0 Å². The molecule has 3 nitrogen and oxygen atoms in total. The quantitative estimate of drug-likeness (QED) is 0.756. The number of hydrogen-bond donors (Lipinski definition) is 2. The second-order valence-electron chi connectivity index (χ2n) is 5.70. The monoisotopic (exact) mass is 227 g/mol. The largest absolute Gasteiger partial charge is 0.388 e. The molecule has 1 aliphatic heterocycles. The highest BCUT2D eigenvalue weighted by molar-refractivity contribution is 5.06. The van der Waals surface area contributed by atoms with Gasteiger partial charge in [0.15, 0.2) is 0 Å². The van der Waals surface area contributed by atoms with Crippen molar-refractivity contribution in [3.63, 3.8) is 0 Å². The van der Waals surface area contributed by atoms with E-state index < -0.39 is 11.1 Å². The van der Waals surface area contributed by atoms with E-state index in [2.05, 4.69) is 6.92 Å². The summed E-state index contributed by atoms with van der Waals surface area (Å²) in [6, 6.07) is 0. The molecule has 0 bridgehead atoms. The second kappa shape index (κ2) is 4.63. The molecule has 3 heteroatoms. The first-order chi connectivity index (χ1) is 7.60. The van der Waals surface area contributed by atoms with Gasteiger partial charge in [0.1, 0.15) is 0 Å². The Morgan fingerprint density at radius 1 is 1.31 bits per heavy atom. The van der Waals surface area contributed by atoms with E-state index in [1.54, 1.807) is 0 Å². The number of aliphatic hydroxyl groups is 1. The van der Waals surface area contributed by atoms with E-state index in [1.807, 2.05) is 0 Å². The molecular formula is C13H25NO2. The van der Waals surface area contributed by atoms with Gasteiger partial charge in [-0.05, 0) is 44.4 Å². The molecule has 2 aliphatic rings. The van der Waals surface area contributed by atoms with Gasteiger partial charge in [0.25, 0.3) is 0 Å². The van der Waals surface area contributed by atoms with Crippen LogP contribution in [-0.2, 0) is 4.74 Å². The summed E-state index contributed by atoms with van der Waals surface area (Å²) in [4.78, 5) is 0. The first-order valence-corrected chi connectivity index (χ1v) is 6.69. The van der Waals surface area contributed by atoms with Crippen molar-refractivity contribution in [3.8, 4) is 0 Å². The summed E-state index contributed by atoms with van der Waals surface area (Å²) in [5.74, 6) is 0.786. The summed E-state index contributed by atoms with van der Waals surface area (Å²) in [6.45, 7) is 3.56. The van der Waals surface area contributed by atoms with E-state index in [4.69, 9.17) is 10.5 Å². The highest BCUT2D eigenvalue weighted by atomic mass is 16.5. The van der Waals surface area contributed by atoms with Gasteiger partial charge in [0.05, 0.1) is 17.7 Å². The Bertz CT molecular complexity index is 228. The second-order valence-corrected chi connectivity index (χ2v) is 5.70. The Kier molecular flexibility index (Phi) is 3.57. The lowest BCUT2D eigenvalue weighted by Crippen LogP contribution is -2.65. The summed E-state index contributed by atoms with van der Waals surface area (Å²) in [7, 11) is 0. The van der Waals surface area contributed by atoms with E-state index in [0.29, 0.717) is 6.61 Å². The summed E-state index contributed by atoms with van der Waals surface area (Å²) < 4.78 is 5.47. The van der Waals surface area contributed by atoms with Gasteiger partial charge >= 0.3 is 0 Å². The van der Waals surface area contributed by atoms with Crippen LogP contribution in [0.5, 0.6) is 0 Å². The van der Waals surface area contributed by atoms with Crippen LogP contribution < -0.4 is 5.73 Å². The van der Waals surface area contributed by atoms with E-state index in [-0.39, 0.29) is 0 Å². The molecule has 1 heterocycles. The lowest BCUT2D eigenvalue weighted by Gasteiger charge is -2.49. The molecule has 0 radical (unpaired) electrons. The normalized spacial score (nSPS) is 45.6. The van der Waals surface area contributed by atoms with Gasteiger partial charge in [-0.15, -0.1) is 0 Å². The molecule has 2 fully saturated rings. The van der Waals surface area contributed by atoms with Crippen molar-refractivity contribution < 1.29 is 9.84 Å². The Hall–Kier alpha value is -0.120. The highest BCUT2D eigenvalue weighted by Gasteiger charge is 2.49. The van der Waals surface area contributed by atoms with Crippen molar-refractivity contribution in [1.82, 2.24) is 0 Å². The van der Waals surface area contributed by atoms with Crippen molar-refractivity contribution in [2.45, 2.75) is 63.0 Å². The predicted molar refractivity (Wildman–Crippen MR) is 64.2 cm³/mol. The van der Waals surface area contributed by atoms with Gasteiger partial charge in [-0.1, -0.05) is 13.3 Å². The maximum atomic E-state index is 10.8. The summed E-state index contributed by atoms with van der Waals surface area (Å²) in [5.41, 5.74) is 5.20. The van der Waals surface area contributed by atoms with Gasteiger partial charge < -0.3 is 15.6 Å². The fraction of sp³-hybridized carbons (Fsp3) is 1.00. The van der Waals surface area contributed by atoms with Crippen LogP contribution in [0.4, 0.5) is 0 Å². The van der Waals surface area contributed by atoms with E-state index in [9.17, 15) is 5.11 Å². The minimum absolute atomic E-state index is 0.496. The summed E-state index contributed by atoms with van der Waals surface area (Å²) >= 11 is 0. The van der Waals surface area contributed by atoms with Crippen molar-refractivity contribution in [1.29, 1.82) is 0 Å². The number of hydrogen-bond acceptors (Lipinski definition) is 3. The lowest BCUT2D eigenvalue weighted by atomic mass is 9.66. The summed E-state index contributed by atoms with van der Waals surface area (Å²) in [6.07, 6.45) is 7.05. The fourth-order valence-corrected chi connectivity index (χ4v) is 3.24. The minimum atomic E-state index is -0.681. The minimum Gasteiger partial charge on any atom is -0.388 e. The number of rotatable bonds is 2. The molecule has 1 saturated heterocycles. The maximum absolute atomic E-state index is 10.8. The van der Waals surface area contributed by atoms with Crippen molar-refractivity contribution >= 4 is 0 Å². The third-order valence-electron chi connectivity index (χ3n) is 4.71. The third-order valence-corrected chi connectivity index (χ3v) is 4.71. The molecule has 1 atom stereocenters. The maximum Gasteiger partial charge on any atom is 0.0849 e. The molecule has 0 aromatic heterocycles. The highest BCUT2D eigenvalue weighted by Crippen LogP contribution is 2.42. The van der Waals surface area contributed by atoms with Crippen LogP contribution in [0.2, 0.25) is 0 Å². The van der Waals surface area contributed by atoms with Crippen LogP contribution in [0.3, 0.4) is 0 Å². The Morgan fingerprint density at radius 2 is 2.00 bits per heavy atom. The van der Waals surface area contributed by atoms with Crippen LogP contribution in [0.25, 0.3) is 0 Å². The van der Waals surface area contributed by atoms with Crippen LogP contribution in [0.1, 0.15) is 51.9 Å². The summed E-state index contributed by atoms with van der Waals surface area (Å²) in [5, 5.41) is 10.8. The van der Waals surface area contributed by atoms with Crippen LogP contribution in [-0.4, -0.2) is 29.5 Å². The standard InChI is InChI=1S/C13H25NO2/c1-2-11-4-7-13(15,8-5-11)12(14)6-3-9-16-10-12/h11,15H,2-10,14H2,1H3. The average molecular weight is 227 g/mol. The van der Waals surface area contributed by atoms with Crippen molar-refractivity contribution in [2.24, 2.45) is 11.7 Å². The Balaban J connectivity index is 2.01. The van der Waals surface area contributed by atoms with Gasteiger partial charge in [-0.3, -0.25) is 0 Å². The topological polar surface area (TPSA) is 55.5 Å². The SMILES string of the molecule is CCC1CCC(O)(C2(N)CCCOC2)CC1. The number of nitrogens with two attached hydrogens (primary N) is 1. The lowest BCUT2D eigenvalue weighted by molar-refractivity contribution is -0.120. The fourth-order valence-electron chi connectivity index (χ4n) is 3.24.